The number of hydrogen-bond donors (Lipinski definition) is 0. The summed E-state index contributed by atoms with van der Waals surface area (Å²) >= 11 is 0. The Labute approximate surface area is 111 Å². The lowest BCUT2D eigenvalue weighted by Crippen LogP contribution is -2.41. The van der Waals surface area contributed by atoms with Crippen molar-refractivity contribution in [1.29, 1.82) is 0 Å². The third kappa shape index (κ3) is 2.04. The summed E-state index contributed by atoms with van der Waals surface area (Å²) in [6.07, 6.45) is 0. The number of fused-ring (bicyclic) bond motifs is 1. The lowest BCUT2D eigenvalue weighted by atomic mass is 10.3. The van der Waals surface area contributed by atoms with Crippen molar-refractivity contribution in [1.82, 2.24) is 9.47 Å². The molecule has 1 saturated heterocycles. The summed E-state index contributed by atoms with van der Waals surface area (Å²) in [7, 11) is 0. The molecule has 0 spiro atoms. The van der Waals surface area contributed by atoms with E-state index >= 15 is 0 Å². The molecule has 2 aromatic heterocycles. The molecule has 3 heterocycles. The molecule has 3 rings (SSSR count). The second kappa shape index (κ2) is 4.74. The summed E-state index contributed by atoms with van der Waals surface area (Å²) in [5.41, 5.74) is 2.49. The quantitative estimate of drug-likeness (QED) is 0.832. The van der Waals surface area contributed by atoms with Crippen LogP contribution in [-0.2, 0) is 11.3 Å². The van der Waals surface area contributed by atoms with Gasteiger partial charge in [-0.2, -0.15) is 0 Å². The first-order valence-electron chi connectivity index (χ1n) is 6.67. The summed E-state index contributed by atoms with van der Waals surface area (Å²) in [5.74, 6) is 0.937. The molecule has 1 amide bonds. The maximum atomic E-state index is 12.5. The minimum absolute atomic E-state index is 0.0641. The lowest BCUT2D eigenvalue weighted by molar-refractivity contribution is 0.0296. The van der Waals surface area contributed by atoms with E-state index in [0.717, 1.165) is 23.4 Å². The second-order valence-corrected chi connectivity index (χ2v) is 4.78. The lowest BCUT2D eigenvalue weighted by Gasteiger charge is -2.27. The average molecular weight is 262 g/mol. The normalized spacial score (nSPS) is 16.2. The maximum absolute atomic E-state index is 12.5. The molecular formula is C14H18N2O3. The van der Waals surface area contributed by atoms with Crippen molar-refractivity contribution in [3.63, 3.8) is 0 Å². The van der Waals surface area contributed by atoms with Crippen LogP contribution in [0, 0.1) is 6.92 Å². The Morgan fingerprint density at radius 2 is 2.05 bits per heavy atom. The highest BCUT2D eigenvalue weighted by molar-refractivity contribution is 5.97. The van der Waals surface area contributed by atoms with Crippen LogP contribution in [0.1, 0.15) is 23.2 Å². The van der Waals surface area contributed by atoms with Crippen molar-refractivity contribution in [2.75, 3.05) is 26.3 Å². The Bertz CT molecular complexity index is 606. The van der Waals surface area contributed by atoms with Crippen LogP contribution >= 0.6 is 0 Å². The predicted octanol–water partition coefficient (Wildman–Crippen LogP) is 2.04. The Hall–Kier alpha value is -1.75. The molecule has 19 heavy (non-hydrogen) atoms. The number of aromatic nitrogens is 1. The van der Waals surface area contributed by atoms with Crippen molar-refractivity contribution in [2.24, 2.45) is 0 Å². The molecule has 2 aromatic rings. The molecule has 0 saturated carbocycles. The summed E-state index contributed by atoms with van der Waals surface area (Å²) in [6, 6.07) is 3.83. The van der Waals surface area contributed by atoms with Gasteiger partial charge in [-0.05, 0) is 13.8 Å². The fraction of sp³-hybridized carbons (Fsp3) is 0.500. The van der Waals surface area contributed by atoms with E-state index in [1.807, 2.05) is 35.4 Å². The monoisotopic (exact) mass is 262 g/mol. The Morgan fingerprint density at radius 1 is 1.32 bits per heavy atom. The van der Waals surface area contributed by atoms with E-state index < -0.39 is 0 Å². The second-order valence-electron chi connectivity index (χ2n) is 4.78. The van der Waals surface area contributed by atoms with Crippen LogP contribution in [0.25, 0.3) is 11.1 Å². The summed E-state index contributed by atoms with van der Waals surface area (Å²) < 4.78 is 12.9. The van der Waals surface area contributed by atoms with E-state index in [2.05, 4.69) is 0 Å². The van der Waals surface area contributed by atoms with Crippen molar-refractivity contribution in [3.05, 3.63) is 23.6 Å². The summed E-state index contributed by atoms with van der Waals surface area (Å²) in [4.78, 5) is 14.4. The van der Waals surface area contributed by atoms with Crippen molar-refractivity contribution in [3.8, 4) is 0 Å². The Kier molecular flexibility index (Phi) is 3.06. The summed E-state index contributed by atoms with van der Waals surface area (Å²) in [5, 5.41) is 0. The van der Waals surface area contributed by atoms with Crippen LogP contribution in [-0.4, -0.2) is 41.7 Å². The van der Waals surface area contributed by atoms with Gasteiger partial charge >= 0.3 is 0 Å². The van der Waals surface area contributed by atoms with Crippen LogP contribution in [0.4, 0.5) is 0 Å². The van der Waals surface area contributed by atoms with Gasteiger partial charge in [0.05, 0.1) is 18.7 Å². The standard InChI is InChI=1S/C14H18N2O3/c1-3-16-11-8-10(2)19-13(11)9-12(16)14(17)15-4-6-18-7-5-15/h8-9H,3-7H2,1-2H3. The molecule has 5 heteroatoms. The highest BCUT2D eigenvalue weighted by Crippen LogP contribution is 2.24. The van der Waals surface area contributed by atoms with Crippen molar-refractivity contribution >= 4 is 17.0 Å². The Balaban J connectivity index is 1.99. The van der Waals surface area contributed by atoms with Gasteiger partial charge in [0, 0.05) is 31.8 Å². The highest BCUT2D eigenvalue weighted by atomic mass is 16.5. The fourth-order valence-corrected chi connectivity index (χ4v) is 2.61. The molecule has 5 nitrogen and oxygen atoms in total. The molecular weight excluding hydrogens is 244 g/mol. The van der Waals surface area contributed by atoms with E-state index in [9.17, 15) is 4.79 Å². The number of furan rings is 1. The number of ether oxygens (including phenoxy) is 1. The van der Waals surface area contributed by atoms with Gasteiger partial charge in [-0.15, -0.1) is 0 Å². The number of amides is 1. The van der Waals surface area contributed by atoms with Gasteiger partial charge in [-0.1, -0.05) is 0 Å². The van der Waals surface area contributed by atoms with Crippen LogP contribution in [0.5, 0.6) is 0 Å². The van der Waals surface area contributed by atoms with Crippen molar-refractivity contribution in [2.45, 2.75) is 20.4 Å². The molecule has 0 aromatic carbocycles. The smallest absolute Gasteiger partial charge is 0.270 e. The van der Waals surface area contributed by atoms with Crippen LogP contribution in [0.3, 0.4) is 0 Å². The topological polar surface area (TPSA) is 47.6 Å². The van der Waals surface area contributed by atoms with Crippen LogP contribution in [0.2, 0.25) is 0 Å². The molecule has 0 radical (unpaired) electrons. The van der Waals surface area contributed by atoms with Gasteiger partial charge in [0.1, 0.15) is 11.5 Å². The van der Waals surface area contributed by atoms with E-state index in [4.69, 9.17) is 9.15 Å². The summed E-state index contributed by atoms with van der Waals surface area (Å²) in [6.45, 7) is 7.28. The zero-order chi connectivity index (χ0) is 13.4. The van der Waals surface area contributed by atoms with E-state index in [-0.39, 0.29) is 5.91 Å². The predicted molar refractivity (Wildman–Crippen MR) is 71.3 cm³/mol. The number of carbonyl (C=O) groups is 1. The number of aryl methyl sites for hydroxylation is 2. The van der Waals surface area contributed by atoms with Gasteiger partial charge < -0.3 is 18.6 Å². The molecule has 102 valence electrons. The average Bonchev–Trinajstić information content (AvgIpc) is 2.94. The van der Waals surface area contributed by atoms with E-state index in [0.29, 0.717) is 32.0 Å². The fourth-order valence-electron chi connectivity index (χ4n) is 2.61. The third-order valence-electron chi connectivity index (χ3n) is 3.55. The first-order chi connectivity index (χ1) is 9.20. The van der Waals surface area contributed by atoms with Crippen LogP contribution < -0.4 is 0 Å². The number of hydrogen-bond acceptors (Lipinski definition) is 3. The van der Waals surface area contributed by atoms with Gasteiger partial charge in [-0.3, -0.25) is 4.79 Å². The van der Waals surface area contributed by atoms with Gasteiger partial charge in [0.2, 0.25) is 0 Å². The van der Waals surface area contributed by atoms with Crippen molar-refractivity contribution < 1.29 is 13.9 Å². The zero-order valence-corrected chi connectivity index (χ0v) is 11.3. The SMILES string of the molecule is CCn1c(C(=O)N2CCOCC2)cc2oc(C)cc21. The first-order valence-corrected chi connectivity index (χ1v) is 6.67. The number of rotatable bonds is 2. The van der Waals surface area contributed by atoms with Gasteiger partial charge in [-0.25, -0.2) is 0 Å². The minimum Gasteiger partial charge on any atom is -0.460 e. The number of nitrogens with zero attached hydrogens (tertiary/aromatic N) is 2. The molecule has 0 unspecified atom stereocenters. The molecule has 0 bridgehead atoms. The van der Waals surface area contributed by atoms with Gasteiger partial charge in [0.25, 0.3) is 5.91 Å². The molecule has 0 atom stereocenters. The van der Waals surface area contributed by atoms with Crippen LogP contribution in [0.15, 0.2) is 16.5 Å². The molecule has 1 fully saturated rings. The highest BCUT2D eigenvalue weighted by Gasteiger charge is 2.23. The maximum Gasteiger partial charge on any atom is 0.270 e. The molecule has 0 aliphatic carbocycles. The molecule has 1 aliphatic rings. The minimum atomic E-state index is 0.0641. The van der Waals surface area contributed by atoms with Gasteiger partial charge in [0.15, 0.2) is 5.58 Å². The number of morpholine rings is 1. The zero-order valence-electron chi connectivity index (χ0n) is 11.3. The molecule has 0 N–H and O–H groups in total. The molecule has 1 aliphatic heterocycles. The first kappa shape index (κ1) is 12.3. The Morgan fingerprint density at radius 3 is 2.74 bits per heavy atom. The largest absolute Gasteiger partial charge is 0.460 e. The third-order valence-corrected chi connectivity index (χ3v) is 3.55. The van der Waals surface area contributed by atoms with E-state index in [1.54, 1.807) is 0 Å². The number of carbonyl (C=O) groups excluding carboxylic acids is 1. The van der Waals surface area contributed by atoms with E-state index in [1.165, 1.54) is 0 Å².